The van der Waals surface area contributed by atoms with E-state index in [-0.39, 0.29) is 0 Å². The van der Waals surface area contributed by atoms with E-state index in [4.69, 9.17) is 5.73 Å². The van der Waals surface area contributed by atoms with Crippen LogP contribution in [0.2, 0.25) is 0 Å². The van der Waals surface area contributed by atoms with Crippen LogP contribution in [0.15, 0.2) is 22.8 Å². The lowest BCUT2D eigenvalue weighted by molar-refractivity contribution is -0.118. The van der Waals surface area contributed by atoms with Gasteiger partial charge in [-0.1, -0.05) is 0 Å². The van der Waals surface area contributed by atoms with Crippen LogP contribution in [0.25, 0.3) is 5.65 Å². The van der Waals surface area contributed by atoms with Crippen LogP contribution < -0.4 is 11.1 Å². The second-order valence-electron chi connectivity index (χ2n) is 3.33. The zero-order valence-corrected chi connectivity index (χ0v) is 10.1. The number of hydrogen-bond donors (Lipinski definition) is 2. The standard InChI is InChI=1S/C9H10BrN5O/c1-5(7(11)16)12-9-13-8-6(10)3-2-4-15(8)14-9/h2-5H,1H3,(H2,11,16)(H,12,14). The summed E-state index contributed by atoms with van der Waals surface area (Å²) in [4.78, 5) is 15.1. The Morgan fingerprint density at radius 1 is 1.69 bits per heavy atom. The molecule has 1 atom stereocenters. The van der Waals surface area contributed by atoms with Crippen molar-refractivity contribution in [3.8, 4) is 0 Å². The lowest BCUT2D eigenvalue weighted by Crippen LogP contribution is -2.32. The molecular formula is C9H10BrN5O. The molecule has 0 bridgehead atoms. The van der Waals surface area contributed by atoms with Crippen LogP contribution in [0.3, 0.4) is 0 Å². The Labute approximate surface area is 100.0 Å². The van der Waals surface area contributed by atoms with Crippen molar-refractivity contribution >= 4 is 33.4 Å². The number of amides is 1. The molecule has 2 rings (SSSR count). The summed E-state index contributed by atoms with van der Waals surface area (Å²) in [5, 5.41) is 6.97. The number of hydrogen-bond acceptors (Lipinski definition) is 4. The number of aromatic nitrogens is 3. The molecule has 6 nitrogen and oxygen atoms in total. The molecule has 2 heterocycles. The molecule has 0 aliphatic heterocycles. The van der Waals surface area contributed by atoms with Crippen LogP contribution >= 0.6 is 15.9 Å². The van der Waals surface area contributed by atoms with Crippen molar-refractivity contribution in [1.82, 2.24) is 14.6 Å². The van der Waals surface area contributed by atoms with Crippen LogP contribution in [0.5, 0.6) is 0 Å². The smallest absolute Gasteiger partial charge is 0.243 e. The van der Waals surface area contributed by atoms with Gasteiger partial charge in [0.1, 0.15) is 6.04 Å². The van der Waals surface area contributed by atoms with Crippen molar-refractivity contribution in [3.05, 3.63) is 22.8 Å². The van der Waals surface area contributed by atoms with E-state index in [1.165, 1.54) is 0 Å². The Morgan fingerprint density at radius 2 is 2.44 bits per heavy atom. The maximum absolute atomic E-state index is 10.9. The quantitative estimate of drug-likeness (QED) is 0.872. The fourth-order valence-electron chi connectivity index (χ4n) is 1.20. The minimum atomic E-state index is -0.504. The molecule has 3 N–H and O–H groups in total. The molecule has 0 aliphatic carbocycles. The number of carbonyl (C=O) groups is 1. The average Bonchev–Trinajstić information content (AvgIpc) is 2.61. The molecule has 0 aliphatic rings. The molecule has 1 amide bonds. The summed E-state index contributed by atoms with van der Waals surface area (Å²) in [6.07, 6.45) is 1.77. The Balaban J connectivity index is 2.33. The van der Waals surface area contributed by atoms with E-state index in [2.05, 4.69) is 31.3 Å². The molecule has 84 valence electrons. The van der Waals surface area contributed by atoms with Gasteiger partial charge >= 0.3 is 0 Å². The second kappa shape index (κ2) is 4.09. The number of fused-ring (bicyclic) bond motifs is 1. The first-order chi connectivity index (χ1) is 7.58. The molecule has 0 fully saturated rings. The van der Waals surface area contributed by atoms with E-state index < -0.39 is 11.9 Å². The third-order valence-electron chi connectivity index (χ3n) is 2.09. The van der Waals surface area contributed by atoms with Crippen LogP contribution in [0.4, 0.5) is 5.95 Å². The fraction of sp³-hybridized carbons (Fsp3) is 0.222. The minimum Gasteiger partial charge on any atom is -0.368 e. The molecule has 0 aromatic carbocycles. The van der Waals surface area contributed by atoms with Crippen LogP contribution in [-0.4, -0.2) is 26.5 Å². The number of pyridine rings is 1. The lowest BCUT2D eigenvalue weighted by Gasteiger charge is -2.06. The topological polar surface area (TPSA) is 85.3 Å². The summed E-state index contributed by atoms with van der Waals surface area (Å²) in [7, 11) is 0. The number of nitrogens with two attached hydrogens (primary N) is 1. The van der Waals surface area contributed by atoms with Gasteiger partial charge in [0, 0.05) is 6.20 Å². The van der Waals surface area contributed by atoms with E-state index in [1.54, 1.807) is 17.6 Å². The largest absolute Gasteiger partial charge is 0.368 e. The molecular weight excluding hydrogens is 274 g/mol. The summed E-state index contributed by atoms with van der Waals surface area (Å²) in [6.45, 7) is 1.66. The molecule has 7 heteroatoms. The predicted molar refractivity (Wildman–Crippen MR) is 63.0 cm³/mol. The van der Waals surface area contributed by atoms with Gasteiger partial charge in [-0.25, -0.2) is 4.52 Å². The van der Waals surface area contributed by atoms with E-state index >= 15 is 0 Å². The lowest BCUT2D eigenvalue weighted by atomic mass is 10.3. The van der Waals surface area contributed by atoms with E-state index in [9.17, 15) is 4.79 Å². The number of primary amides is 1. The summed E-state index contributed by atoms with van der Waals surface area (Å²) >= 11 is 3.36. The van der Waals surface area contributed by atoms with Crippen LogP contribution in [0, 0.1) is 0 Å². The van der Waals surface area contributed by atoms with E-state index in [0.717, 1.165) is 4.47 Å². The monoisotopic (exact) mass is 283 g/mol. The molecule has 2 aromatic rings. The zero-order valence-electron chi connectivity index (χ0n) is 8.51. The third kappa shape index (κ3) is 1.99. The van der Waals surface area contributed by atoms with Gasteiger partial charge in [0.25, 0.3) is 0 Å². The number of rotatable bonds is 3. The number of nitrogens with zero attached hydrogens (tertiary/aromatic N) is 3. The zero-order chi connectivity index (χ0) is 11.7. The molecule has 0 saturated carbocycles. The Bertz CT molecular complexity index is 538. The first kappa shape index (κ1) is 10.9. The Morgan fingerprint density at radius 3 is 3.06 bits per heavy atom. The Hall–Kier alpha value is -1.63. The van der Waals surface area contributed by atoms with E-state index in [1.807, 2.05) is 12.1 Å². The first-order valence-electron chi connectivity index (χ1n) is 4.64. The SMILES string of the molecule is CC(Nc1nc2c(Br)cccn2n1)C(N)=O. The van der Waals surface area contributed by atoms with Gasteiger partial charge in [0.2, 0.25) is 11.9 Å². The van der Waals surface area contributed by atoms with Crippen LogP contribution in [0.1, 0.15) is 6.92 Å². The maximum Gasteiger partial charge on any atom is 0.243 e. The molecule has 0 spiro atoms. The molecule has 2 aromatic heterocycles. The number of carbonyl (C=O) groups excluding carboxylic acids is 1. The van der Waals surface area contributed by atoms with Crippen molar-refractivity contribution in [2.75, 3.05) is 5.32 Å². The number of nitrogens with one attached hydrogen (secondary N) is 1. The third-order valence-corrected chi connectivity index (χ3v) is 2.71. The van der Waals surface area contributed by atoms with Gasteiger partial charge < -0.3 is 11.1 Å². The normalized spacial score (nSPS) is 12.6. The van der Waals surface area contributed by atoms with Gasteiger partial charge in [-0.15, -0.1) is 5.10 Å². The number of halogens is 1. The second-order valence-corrected chi connectivity index (χ2v) is 4.18. The van der Waals surface area contributed by atoms with Crippen LogP contribution in [-0.2, 0) is 4.79 Å². The van der Waals surface area contributed by atoms with Crippen molar-refractivity contribution < 1.29 is 4.79 Å². The highest BCUT2D eigenvalue weighted by Gasteiger charge is 2.12. The highest BCUT2D eigenvalue weighted by atomic mass is 79.9. The van der Waals surface area contributed by atoms with Gasteiger partial charge in [-0.05, 0) is 35.0 Å². The Kier molecular flexibility index (Phi) is 2.78. The van der Waals surface area contributed by atoms with Crippen molar-refractivity contribution in [2.24, 2.45) is 5.73 Å². The minimum absolute atomic E-state index is 0.373. The van der Waals surface area contributed by atoms with Gasteiger partial charge in [-0.2, -0.15) is 4.98 Å². The highest BCUT2D eigenvalue weighted by molar-refractivity contribution is 9.10. The molecule has 1 unspecified atom stereocenters. The predicted octanol–water partition coefficient (Wildman–Crippen LogP) is 0.777. The van der Waals surface area contributed by atoms with Gasteiger partial charge in [0.15, 0.2) is 5.65 Å². The molecule has 16 heavy (non-hydrogen) atoms. The van der Waals surface area contributed by atoms with Gasteiger partial charge in [0.05, 0.1) is 4.47 Å². The van der Waals surface area contributed by atoms with E-state index in [0.29, 0.717) is 11.6 Å². The maximum atomic E-state index is 10.9. The molecule has 0 saturated heterocycles. The average molecular weight is 284 g/mol. The summed E-state index contributed by atoms with van der Waals surface area (Å²) in [5.41, 5.74) is 5.82. The summed E-state index contributed by atoms with van der Waals surface area (Å²) < 4.78 is 2.45. The summed E-state index contributed by atoms with van der Waals surface area (Å²) in [5.74, 6) is -0.0730. The highest BCUT2D eigenvalue weighted by Crippen LogP contribution is 2.16. The van der Waals surface area contributed by atoms with Crippen molar-refractivity contribution in [1.29, 1.82) is 0 Å². The summed E-state index contributed by atoms with van der Waals surface area (Å²) in [6, 6.07) is 3.20. The van der Waals surface area contributed by atoms with Crippen molar-refractivity contribution in [2.45, 2.75) is 13.0 Å². The molecule has 0 radical (unpaired) electrons. The van der Waals surface area contributed by atoms with Crippen molar-refractivity contribution in [3.63, 3.8) is 0 Å². The fourth-order valence-corrected chi connectivity index (χ4v) is 1.62. The number of anilines is 1. The van der Waals surface area contributed by atoms with Gasteiger partial charge in [-0.3, -0.25) is 4.79 Å². The first-order valence-corrected chi connectivity index (χ1v) is 5.44.